The van der Waals surface area contributed by atoms with Crippen LogP contribution in [0.25, 0.3) is 22.4 Å². The predicted molar refractivity (Wildman–Crippen MR) is 133 cm³/mol. The highest BCUT2D eigenvalue weighted by atomic mass is 19.3. The average molecular weight is 510 g/mol. The Morgan fingerprint density at radius 1 is 1.00 bits per heavy atom. The van der Waals surface area contributed by atoms with Gasteiger partial charge in [-0.1, -0.05) is 49.4 Å². The van der Waals surface area contributed by atoms with Crippen molar-refractivity contribution in [1.82, 2.24) is 9.97 Å². The van der Waals surface area contributed by atoms with Crippen LogP contribution in [-0.2, 0) is 5.92 Å². The molecular weight excluding hydrogens is 486 g/mol. The number of carbonyl (C=O) groups excluding carboxylic acids is 1. The normalized spacial score (nSPS) is 11.4. The van der Waals surface area contributed by atoms with Crippen LogP contribution in [0.4, 0.5) is 23.2 Å². The Kier molecular flexibility index (Phi) is 7.52. The van der Waals surface area contributed by atoms with Gasteiger partial charge in [-0.3, -0.25) is 4.79 Å². The molecule has 190 valence electrons. The van der Waals surface area contributed by atoms with Gasteiger partial charge in [0.1, 0.15) is 11.4 Å². The number of halogens is 4. The number of nitrogens with one attached hydrogen (secondary N) is 1. The Morgan fingerprint density at radius 3 is 2.43 bits per heavy atom. The van der Waals surface area contributed by atoms with Gasteiger partial charge in [-0.25, -0.2) is 18.7 Å². The molecule has 1 heterocycles. The van der Waals surface area contributed by atoms with E-state index in [0.717, 1.165) is 0 Å². The lowest BCUT2D eigenvalue weighted by atomic mass is 10.0. The number of anilines is 1. The molecule has 9 heteroatoms. The van der Waals surface area contributed by atoms with Crippen molar-refractivity contribution in [2.24, 2.45) is 0 Å². The van der Waals surface area contributed by atoms with Crippen LogP contribution >= 0.6 is 0 Å². The monoisotopic (exact) mass is 509 g/mol. The minimum absolute atomic E-state index is 0.0153. The van der Waals surface area contributed by atoms with Crippen molar-refractivity contribution < 1.29 is 27.1 Å². The van der Waals surface area contributed by atoms with Crippen LogP contribution in [0.1, 0.15) is 35.1 Å². The number of aryl methyl sites for hydroxylation is 1. The number of amides is 1. The highest BCUT2D eigenvalue weighted by Gasteiger charge is 2.29. The maximum absolute atomic E-state index is 14.0. The molecule has 1 aromatic heterocycles. The fraction of sp³-hybridized carbons (Fsp3) is 0.179. The first-order valence-electron chi connectivity index (χ1n) is 11.5. The van der Waals surface area contributed by atoms with Crippen molar-refractivity contribution in [3.8, 4) is 28.1 Å². The summed E-state index contributed by atoms with van der Waals surface area (Å²) in [6.45, 7) is -0.00466. The van der Waals surface area contributed by atoms with Gasteiger partial charge < -0.3 is 10.1 Å². The predicted octanol–water partition coefficient (Wildman–Crippen LogP) is 7.47. The molecule has 1 amide bonds. The molecule has 0 spiro atoms. The zero-order valence-corrected chi connectivity index (χ0v) is 20.0. The van der Waals surface area contributed by atoms with Crippen LogP contribution in [0.15, 0.2) is 79.0 Å². The number of carbonyl (C=O) groups is 1. The number of benzene rings is 3. The fourth-order valence-corrected chi connectivity index (χ4v) is 3.79. The Labute approximate surface area is 211 Å². The van der Waals surface area contributed by atoms with E-state index >= 15 is 0 Å². The van der Waals surface area contributed by atoms with Gasteiger partial charge in [0.25, 0.3) is 11.8 Å². The van der Waals surface area contributed by atoms with Crippen molar-refractivity contribution in [3.63, 3.8) is 0 Å². The first kappa shape index (κ1) is 25.8. The van der Waals surface area contributed by atoms with Gasteiger partial charge in [0.15, 0.2) is 0 Å². The van der Waals surface area contributed by atoms with Crippen LogP contribution in [0.5, 0.6) is 5.75 Å². The van der Waals surface area contributed by atoms with Crippen LogP contribution in [0, 0.1) is 6.92 Å². The van der Waals surface area contributed by atoms with E-state index < -0.39 is 18.4 Å². The van der Waals surface area contributed by atoms with E-state index in [4.69, 9.17) is 0 Å². The molecule has 1 N–H and O–H groups in total. The van der Waals surface area contributed by atoms with E-state index in [-0.39, 0.29) is 29.1 Å². The number of hydrogen-bond acceptors (Lipinski definition) is 4. The number of hydrogen-bond donors (Lipinski definition) is 1. The van der Waals surface area contributed by atoms with Crippen molar-refractivity contribution >= 4 is 11.6 Å². The molecule has 0 unspecified atom stereocenters. The van der Waals surface area contributed by atoms with Crippen molar-refractivity contribution in [1.29, 1.82) is 0 Å². The third kappa shape index (κ3) is 5.94. The second kappa shape index (κ2) is 10.8. The molecular formula is C28H23F4N3O2. The molecule has 0 saturated heterocycles. The summed E-state index contributed by atoms with van der Waals surface area (Å²) in [5, 5.41) is 2.59. The molecule has 0 atom stereocenters. The number of alkyl halides is 4. The average Bonchev–Trinajstić information content (AvgIpc) is 2.89. The van der Waals surface area contributed by atoms with Gasteiger partial charge in [-0.2, -0.15) is 8.78 Å². The minimum atomic E-state index is -3.01. The maximum atomic E-state index is 14.0. The zero-order valence-electron chi connectivity index (χ0n) is 20.0. The van der Waals surface area contributed by atoms with E-state index in [1.165, 1.54) is 43.5 Å². The highest BCUT2D eigenvalue weighted by molar-refractivity contribution is 6.03. The summed E-state index contributed by atoms with van der Waals surface area (Å²) < 4.78 is 58.7. The van der Waals surface area contributed by atoms with E-state index in [2.05, 4.69) is 20.0 Å². The molecule has 37 heavy (non-hydrogen) atoms. The first-order chi connectivity index (χ1) is 17.7. The topological polar surface area (TPSA) is 64.1 Å². The molecule has 3 aromatic carbocycles. The minimum Gasteiger partial charge on any atom is -0.434 e. The molecule has 4 aromatic rings. The lowest BCUT2D eigenvalue weighted by Gasteiger charge is -2.16. The largest absolute Gasteiger partial charge is 0.434 e. The summed E-state index contributed by atoms with van der Waals surface area (Å²) in [7, 11) is 0. The molecule has 4 rings (SSSR count). The SMILES string of the molecule is CCC(F)(F)c1cccc(NC(=O)c2ncc(-c3ccc(OC(F)F)c(-c4ccccc4)c3)nc2C)c1. The Bertz CT molecular complexity index is 1410. The van der Waals surface area contributed by atoms with E-state index in [9.17, 15) is 22.4 Å². The summed E-state index contributed by atoms with van der Waals surface area (Å²) in [4.78, 5) is 21.5. The van der Waals surface area contributed by atoms with Crippen LogP contribution in [-0.4, -0.2) is 22.5 Å². The maximum Gasteiger partial charge on any atom is 0.387 e. The highest BCUT2D eigenvalue weighted by Crippen LogP contribution is 2.35. The number of rotatable bonds is 8. The molecule has 0 saturated carbocycles. The molecule has 0 aliphatic heterocycles. The van der Waals surface area contributed by atoms with E-state index in [0.29, 0.717) is 28.1 Å². The third-order valence-electron chi connectivity index (χ3n) is 5.72. The van der Waals surface area contributed by atoms with Gasteiger partial charge in [0.2, 0.25) is 0 Å². The van der Waals surface area contributed by atoms with Gasteiger partial charge in [-0.05, 0) is 42.8 Å². The smallest absolute Gasteiger partial charge is 0.387 e. The number of ether oxygens (including phenoxy) is 1. The molecule has 0 aliphatic rings. The Morgan fingerprint density at radius 2 is 1.76 bits per heavy atom. The summed E-state index contributed by atoms with van der Waals surface area (Å²) in [5.74, 6) is -3.59. The summed E-state index contributed by atoms with van der Waals surface area (Å²) in [6.07, 6.45) is 1.03. The van der Waals surface area contributed by atoms with Crippen LogP contribution in [0.2, 0.25) is 0 Å². The van der Waals surface area contributed by atoms with E-state index in [1.54, 1.807) is 43.3 Å². The zero-order chi connectivity index (χ0) is 26.6. The van der Waals surface area contributed by atoms with Gasteiger partial charge >= 0.3 is 6.61 Å². The van der Waals surface area contributed by atoms with Gasteiger partial charge in [0.05, 0.1) is 17.6 Å². The molecule has 0 fully saturated rings. The molecule has 5 nitrogen and oxygen atoms in total. The van der Waals surface area contributed by atoms with Crippen molar-refractivity contribution in [2.45, 2.75) is 32.8 Å². The lowest BCUT2D eigenvalue weighted by molar-refractivity contribution is -0.0494. The fourth-order valence-electron chi connectivity index (χ4n) is 3.79. The Hall–Kier alpha value is -4.27. The summed E-state index contributed by atoms with van der Waals surface area (Å²) >= 11 is 0. The van der Waals surface area contributed by atoms with Gasteiger partial charge in [-0.15, -0.1) is 0 Å². The van der Waals surface area contributed by atoms with Crippen LogP contribution in [0.3, 0.4) is 0 Å². The summed E-state index contributed by atoms with van der Waals surface area (Å²) in [5.41, 5.74) is 2.47. The number of nitrogens with zero attached hydrogens (tertiary/aromatic N) is 2. The quantitative estimate of drug-likeness (QED) is 0.250. The van der Waals surface area contributed by atoms with Crippen LogP contribution < -0.4 is 10.1 Å². The Balaban J connectivity index is 1.61. The first-order valence-corrected chi connectivity index (χ1v) is 11.5. The standard InChI is InChI=1S/C28H23F4N3O2/c1-3-28(31,32)20-10-7-11-21(15-20)35-26(36)25-17(2)34-23(16-33-25)19-12-13-24(37-27(29)30)22(14-19)18-8-5-4-6-9-18/h4-16,27H,3H2,1-2H3,(H,35,36). The third-order valence-corrected chi connectivity index (χ3v) is 5.72. The van der Waals surface area contributed by atoms with Crippen molar-refractivity contribution in [2.75, 3.05) is 5.32 Å². The second-order valence-electron chi connectivity index (χ2n) is 8.24. The van der Waals surface area contributed by atoms with E-state index in [1.807, 2.05) is 6.07 Å². The lowest BCUT2D eigenvalue weighted by Crippen LogP contribution is -2.17. The second-order valence-corrected chi connectivity index (χ2v) is 8.24. The molecule has 0 aliphatic carbocycles. The van der Waals surface area contributed by atoms with Gasteiger partial charge in [0, 0.05) is 28.8 Å². The summed E-state index contributed by atoms with van der Waals surface area (Å²) in [6, 6.07) is 19.1. The molecule has 0 radical (unpaired) electrons. The molecule has 0 bridgehead atoms. The number of aromatic nitrogens is 2. The van der Waals surface area contributed by atoms with Crippen molar-refractivity contribution in [3.05, 3.63) is 95.9 Å².